The number of rotatable bonds is 9. The Morgan fingerprint density at radius 1 is 0.853 bits per heavy atom. The molecule has 2 aromatic rings. The molecule has 1 amide bonds. The van der Waals surface area contributed by atoms with E-state index in [2.05, 4.69) is 4.90 Å². The SMILES string of the molecule is COc1ccc(N2CCN(C(=O)COC(=O)/C=C/c3cc(OC)c(OC)c(OC)c3)CC2)cc1. The second kappa shape index (κ2) is 11.8. The largest absolute Gasteiger partial charge is 0.497 e. The summed E-state index contributed by atoms with van der Waals surface area (Å²) in [7, 11) is 6.18. The molecule has 1 fully saturated rings. The average Bonchev–Trinajstić information content (AvgIpc) is 2.89. The minimum absolute atomic E-state index is 0.219. The molecular weight excluding hydrogens is 440 g/mol. The highest BCUT2D eigenvalue weighted by Crippen LogP contribution is 2.38. The van der Waals surface area contributed by atoms with Gasteiger partial charge in [-0.15, -0.1) is 0 Å². The minimum atomic E-state index is -0.612. The molecule has 0 spiro atoms. The Morgan fingerprint density at radius 3 is 2.00 bits per heavy atom. The summed E-state index contributed by atoms with van der Waals surface area (Å²) in [6.07, 6.45) is 2.82. The monoisotopic (exact) mass is 470 g/mol. The molecule has 2 aromatic carbocycles. The van der Waals surface area contributed by atoms with Crippen LogP contribution in [0.25, 0.3) is 6.08 Å². The second-order valence-electron chi connectivity index (χ2n) is 7.47. The first-order chi connectivity index (χ1) is 16.5. The van der Waals surface area contributed by atoms with E-state index < -0.39 is 5.97 Å². The first-order valence-electron chi connectivity index (χ1n) is 10.8. The number of anilines is 1. The van der Waals surface area contributed by atoms with Gasteiger partial charge in [-0.25, -0.2) is 4.79 Å². The van der Waals surface area contributed by atoms with E-state index in [0.29, 0.717) is 49.0 Å². The van der Waals surface area contributed by atoms with Gasteiger partial charge in [0.2, 0.25) is 5.75 Å². The van der Waals surface area contributed by atoms with Crippen LogP contribution in [0.2, 0.25) is 0 Å². The van der Waals surface area contributed by atoms with E-state index >= 15 is 0 Å². The van der Waals surface area contributed by atoms with E-state index in [4.69, 9.17) is 23.7 Å². The van der Waals surface area contributed by atoms with E-state index in [0.717, 1.165) is 11.4 Å². The summed E-state index contributed by atoms with van der Waals surface area (Å²) in [5.74, 6) is 1.38. The highest BCUT2D eigenvalue weighted by atomic mass is 16.5. The molecule has 182 valence electrons. The van der Waals surface area contributed by atoms with Gasteiger partial charge in [-0.05, 0) is 48.0 Å². The molecule has 0 aromatic heterocycles. The molecule has 0 bridgehead atoms. The maximum atomic E-state index is 12.5. The van der Waals surface area contributed by atoms with Crippen molar-refractivity contribution in [3.8, 4) is 23.0 Å². The minimum Gasteiger partial charge on any atom is -0.497 e. The van der Waals surface area contributed by atoms with Crippen molar-refractivity contribution in [2.24, 2.45) is 0 Å². The topological polar surface area (TPSA) is 86.8 Å². The maximum Gasteiger partial charge on any atom is 0.331 e. The Balaban J connectivity index is 1.48. The number of hydrogen-bond acceptors (Lipinski definition) is 8. The van der Waals surface area contributed by atoms with Crippen molar-refractivity contribution < 1.29 is 33.3 Å². The van der Waals surface area contributed by atoms with Gasteiger partial charge in [0.15, 0.2) is 18.1 Å². The fourth-order valence-corrected chi connectivity index (χ4v) is 3.64. The van der Waals surface area contributed by atoms with Crippen molar-refractivity contribution in [3.63, 3.8) is 0 Å². The van der Waals surface area contributed by atoms with Gasteiger partial charge in [0.05, 0.1) is 28.4 Å². The van der Waals surface area contributed by atoms with Gasteiger partial charge in [-0.1, -0.05) is 0 Å². The summed E-state index contributed by atoms with van der Waals surface area (Å²) in [4.78, 5) is 28.5. The molecule has 0 saturated carbocycles. The van der Waals surface area contributed by atoms with Crippen LogP contribution in [0.1, 0.15) is 5.56 Å². The third kappa shape index (κ3) is 6.12. The molecule has 3 rings (SSSR count). The van der Waals surface area contributed by atoms with Crippen LogP contribution in [0, 0.1) is 0 Å². The molecule has 0 N–H and O–H groups in total. The summed E-state index contributed by atoms with van der Waals surface area (Å²) in [5, 5.41) is 0. The standard InChI is InChI=1S/C25H30N2O7/c1-30-20-8-6-19(7-9-20)26-11-13-27(14-12-26)23(28)17-34-24(29)10-5-18-15-21(31-2)25(33-4)22(16-18)32-3/h5-10,15-16H,11-14,17H2,1-4H3/b10-5+. The van der Waals surface area contributed by atoms with Crippen molar-refractivity contribution in [2.45, 2.75) is 0 Å². The quantitative estimate of drug-likeness (QED) is 0.408. The fraction of sp³-hybridized carbons (Fsp3) is 0.360. The molecule has 1 aliphatic heterocycles. The van der Waals surface area contributed by atoms with Gasteiger partial charge >= 0.3 is 5.97 Å². The van der Waals surface area contributed by atoms with Crippen LogP contribution in [0.5, 0.6) is 23.0 Å². The summed E-state index contributed by atoms with van der Waals surface area (Å²) in [5.41, 5.74) is 1.74. The van der Waals surface area contributed by atoms with Gasteiger partial charge in [-0.2, -0.15) is 0 Å². The number of hydrogen-bond donors (Lipinski definition) is 0. The Bertz CT molecular complexity index is 987. The Hall–Kier alpha value is -3.88. The lowest BCUT2D eigenvalue weighted by Crippen LogP contribution is -2.49. The van der Waals surface area contributed by atoms with Crippen LogP contribution in [0.4, 0.5) is 5.69 Å². The van der Waals surface area contributed by atoms with Crippen LogP contribution < -0.4 is 23.8 Å². The van der Waals surface area contributed by atoms with E-state index in [9.17, 15) is 9.59 Å². The molecule has 0 unspecified atom stereocenters. The number of methoxy groups -OCH3 is 4. The smallest absolute Gasteiger partial charge is 0.331 e. The van der Waals surface area contributed by atoms with Gasteiger partial charge in [-0.3, -0.25) is 4.79 Å². The Morgan fingerprint density at radius 2 is 1.47 bits per heavy atom. The predicted molar refractivity (Wildman–Crippen MR) is 128 cm³/mol. The predicted octanol–water partition coefficient (Wildman–Crippen LogP) is 2.63. The second-order valence-corrected chi connectivity index (χ2v) is 7.47. The van der Waals surface area contributed by atoms with Crippen molar-refractivity contribution >= 4 is 23.6 Å². The molecule has 0 radical (unpaired) electrons. The van der Waals surface area contributed by atoms with Crippen LogP contribution in [0.3, 0.4) is 0 Å². The molecule has 9 nitrogen and oxygen atoms in total. The van der Waals surface area contributed by atoms with Crippen molar-refractivity contribution in [1.82, 2.24) is 4.90 Å². The molecule has 0 aliphatic carbocycles. The van der Waals surface area contributed by atoms with Crippen LogP contribution in [-0.4, -0.2) is 78.0 Å². The zero-order valence-electron chi connectivity index (χ0n) is 19.9. The summed E-state index contributed by atoms with van der Waals surface area (Å²) < 4.78 is 26.2. The number of carbonyl (C=O) groups excluding carboxylic acids is 2. The van der Waals surface area contributed by atoms with Gasteiger partial charge in [0, 0.05) is 37.9 Å². The zero-order chi connectivity index (χ0) is 24.5. The van der Waals surface area contributed by atoms with E-state index in [1.807, 2.05) is 24.3 Å². The van der Waals surface area contributed by atoms with Crippen molar-refractivity contribution in [3.05, 3.63) is 48.0 Å². The van der Waals surface area contributed by atoms with Crippen LogP contribution in [0.15, 0.2) is 42.5 Å². The van der Waals surface area contributed by atoms with E-state index in [1.165, 1.54) is 27.4 Å². The average molecular weight is 471 g/mol. The van der Waals surface area contributed by atoms with Crippen molar-refractivity contribution in [1.29, 1.82) is 0 Å². The maximum absolute atomic E-state index is 12.5. The molecule has 1 aliphatic rings. The first kappa shape index (κ1) is 24.8. The lowest BCUT2D eigenvalue weighted by molar-refractivity contribution is -0.148. The number of benzene rings is 2. The molecular formula is C25H30N2O7. The molecule has 34 heavy (non-hydrogen) atoms. The van der Waals surface area contributed by atoms with Crippen molar-refractivity contribution in [2.75, 3.05) is 66.1 Å². The van der Waals surface area contributed by atoms with E-state index in [1.54, 1.807) is 30.2 Å². The van der Waals surface area contributed by atoms with Gasteiger partial charge in [0.1, 0.15) is 5.75 Å². The first-order valence-corrected chi connectivity index (χ1v) is 10.8. The number of amides is 1. The molecule has 0 atom stereocenters. The third-order valence-corrected chi connectivity index (χ3v) is 5.51. The third-order valence-electron chi connectivity index (χ3n) is 5.51. The summed E-state index contributed by atoms with van der Waals surface area (Å²) in [6, 6.07) is 11.2. The summed E-state index contributed by atoms with van der Waals surface area (Å²) in [6.45, 7) is 2.22. The van der Waals surface area contributed by atoms with Crippen LogP contribution in [-0.2, 0) is 14.3 Å². The number of nitrogens with zero attached hydrogens (tertiary/aromatic N) is 2. The van der Waals surface area contributed by atoms with Gasteiger partial charge in [0.25, 0.3) is 5.91 Å². The Kier molecular flexibility index (Phi) is 8.61. The number of piperazine rings is 1. The lowest BCUT2D eigenvalue weighted by atomic mass is 10.1. The van der Waals surface area contributed by atoms with Crippen LogP contribution >= 0.6 is 0 Å². The normalized spacial score (nSPS) is 13.5. The molecule has 1 saturated heterocycles. The fourth-order valence-electron chi connectivity index (χ4n) is 3.64. The number of carbonyl (C=O) groups is 2. The number of ether oxygens (including phenoxy) is 5. The molecule has 9 heteroatoms. The molecule has 1 heterocycles. The Labute approximate surface area is 199 Å². The summed E-state index contributed by atoms with van der Waals surface area (Å²) >= 11 is 0. The highest BCUT2D eigenvalue weighted by molar-refractivity contribution is 5.89. The van der Waals surface area contributed by atoms with Gasteiger partial charge < -0.3 is 33.5 Å². The zero-order valence-corrected chi connectivity index (χ0v) is 19.9. The van der Waals surface area contributed by atoms with E-state index in [-0.39, 0.29) is 12.5 Å². The lowest BCUT2D eigenvalue weighted by Gasteiger charge is -2.36. The number of esters is 1. The highest BCUT2D eigenvalue weighted by Gasteiger charge is 2.22.